The number of anilines is 1. The maximum absolute atomic E-state index is 12.1. The second kappa shape index (κ2) is 7.97. The number of hydrogen-bond acceptors (Lipinski definition) is 4. The molecular formula is C19H19NO4. The van der Waals surface area contributed by atoms with Crippen molar-refractivity contribution in [2.45, 2.75) is 6.92 Å². The lowest BCUT2D eigenvalue weighted by Gasteiger charge is -2.08. The minimum Gasteiger partial charge on any atom is -0.493 e. The summed E-state index contributed by atoms with van der Waals surface area (Å²) in [6.07, 6.45) is 3.06. The van der Waals surface area contributed by atoms with Crippen LogP contribution in [0.25, 0.3) is 6.08 Å². The van der Waals surface area contributed by atoms with Gasteiger partial charge in [0, 0.05) is 11.6 Å². The average Bonchev–Trinajstić information content (AvgIpc) is 2.59. The van der Waals surface area contributed by atoms with E-state index < -0.39 is 0 Å². The molecule has 0 aliphatic rings. The van der Waals surface area contributed by atoms with E-state index >= 15 is 0 Å². The standard InChI is InChI=1S/C19H19NO4/c1-13(21)15-6-4-5-7-16(15)20-19(22)11-9-14-8-10-17(23-2)18(12-14)24-3/h4-12H,1-3H3,(H,20,22)/b11-9+. The number of ether oxygens (including phenoxy) is 2. The number of ketones is 1. The zero-order chi connectivity index (χ0) is 17.5. The Morgan fingerprint density at radius 3 is 2.38 bits per heavy atom. The Kier molecular flexibility index (Phi) is 5.73. The van der Waals surface area contributed by atoms with Gasteiger partial charge in [0.05, 0.1) is 19.9 Å². The Hall–Kier alpha value is -3.08. The molecule has 0 atom stereocenters. The van der Waals surface area contributed by atoms with E-state index in [2.05, 4.69) is 5.32 Å². The first kappa shape index (κ1) is 17.3. The van der Waals surface area contributed by atoms with Crippen molar-refractivity contribution in [1.82, 2.24) is 0 Å². The molecule has 1 amide bonds. The van der Waals surface area contributed by atoms with Gasteiger partial charge in [0.1, 0.15) is 0 Å². The molecule has 24 heavy (non-hydrogen) atoms. The highest BCUT2D eigenvalue weighted by Crippen LogP contribution is 2.28. The van der Waals surface area contributed by atoms with Crippen LogP contribution in [0.4, 0.5) is 5.69 Å². The summed E-state index contributed by atoms with van der Waals surface area (Å²) in [6, 6.07) is 12.2. The normalized spacial score (nSPS) is 10.5. The first-order valence-corrected chi connectivity index (χ1v) is 7.36. The smallest absolute Gasteiger partial charge is 0.248 e. The van der Waals surface area contributed by atoms with E-state index in [4.69, 9.17) is 9.47 Å². The van der Waals surface area contributed by atoms with Crippen LogP contribution in [0.5, 0.6) is 11.5 Å². The van der Waals surface area contributed by atoms with Gasteiger partial charge in [0.2, 0.25) is 5.91 Å². The van der Waals surface area contributed by atoms with Crippen molar-refractivity contribution < 1.29 is 19.1 Å². The van der Waals surface area contributed by atoms with Crippen LogP contribution in [-0.2, 0) is 4.79 Å². The van der Waals surface area contributed by atoms with Crippen molar-refractivity contribution in [3.8, 4) is 11.5 Å². The zero-order valence-electron chi connectivity index (χ0n) is 13.8. The van der Waals surface area contributed by atoms with Gasteiger partial charge in [-0.05, 0) is 42.8 Å². The molecule has 2 rings (SSSR count). The highest BCUT2D eigenvalue weighted by atomic mass is 16.5. The second-order valence-electron chi connectivity index (χ2n) is 5.04. The topological polar surface area (TPSA) is 64.6 Å². The van der Waals surface area contributed by atoms with Crippen LogP contribution in [0.1, 0.15) is 22.8 Å². The molecule has 124 valence electrons. The molecule has 0 unspecified atom stereocenters. The minimum absolute atomic E-state index is 0.102. The monoisotopic (exact) mass is 325 g/mol. The van der Waals surface area contributed by atoms with Crippen molar-refractivity contribution in [3.05, 3.63) is 59.7 Å². The lowest BCUT2D eigenvalue weighted by molar-refractivity contribution is -0.111. The summed E-state index contributed by atoms with van der Waals surface area (Å²) in [7, 11) is 3.12. The van der Waals surface area contributed by atoms with Crippen molar-refractivity contribution in [3.63, 3.8) is 0 Å². The number of benzene rings is 2. The van der Waals surface area contributed by atoms with E-state index in [0.717, 1.165) is 5.56 Å². The third-order valence-electron chi connectivity index (χ3n) is 3.40. The van der Waals surface area contributed by atoms with Crippen molar-refractivity contribution in [2.75, 3.05) is 19.5 Å². The van der Waals surface area contributed by atoms with Crippen LogP contribution in [0, 0.1) is 0 Å². The van der Waals surface area contributed by atoms with Gasteiger partial charge in [-0.3, -0.25) is 9.59 Å². The SMILES string of the molecule is COc1ccc(/C=C/C(=O)Nc2ccccc2C(C)=O)cc1OC. The molecule has 0 aliphatic carbocycles. The van der Waals surface area contributed by atoms with Crippen molar-refractivity contribution in [1.29, 1.82) is 0 Å². The lowest BCUT2D eigenvalue weighted by Crippen LogP contribution is -2.11. The highest BCUT2D eigenvalue weighted by Gasteiger charge is 2.08. The van der Waals surface area contributed by atoms with E-state index in [9.17, 15) is 9.59 Å². The molecule has 0 bridgehead atoms. The van der Waals surface area contributed by atoms with Crippen LogP contribution in [0.2, 0.25) is 0 Å². The molecule has 0 aromatic heterocycles. The van der Waals surface area contributed by atoms with Crippen LogP contribution in [-0.4, -0.2) is 25.9 Å². The zero-order valence-corrected chi connectivity index (χ0v) is 13.8. The average molecular weight is 325 g/mol. The maximum Gasteiger partial charge on any atom is 0.248 e. The van der Waals surface area contributed by atoms with E-state index in [-0.39, 0.29) is 11.7 Å². The summed E-state index contributed by atoms with van der Waals surface area (Å²) >= 11 is 0. The van der Waals surface area contributed by atoms with E-state index in [1.54, 1.807) is 56.7 Å². The van der Waals surface area contributed by atoms with Gasteiger partial charge in [0.25, 0.3) is 0 Å². The lowest BCUT2D eigenvalue weighted by atomic mass is 10.1. The molecule has 0 heterocycles. The number of carbonyl (C=O) groups is 2. The Morgan fingerprint density at radius 1 is 1.00 bits per heavy atom. The summed E-state index contributed by atoms with van der Waals surface area (Å²) in [5, 5.41) is 2.71. The Morgan fingerprint density at radius 2 is 1.71 bits per heavy atom. The predicted octanol–water partition coefficient (Wildman–Crippen LogP) is 3.56. The number of nitrogens with one attached hydrogen (secondary N) is 1. The largest absolute Gasteiger partial charge is 0.493 e. The van der Waals surface area contributed by atoms with Gasteiger partial charge in [-0.15, -0.1) is 0 Å². The van der Waals surface area contributed by atoms with Crippen LogP contribution >= 0.6 is 0 Å². The number of methoxy groups -OCH3 is 2. The van der Waals surface area contributed by atoms with Crippen molar-refractivity contribution >= 4 is 23.5 Å². The number of amides is 1. The Bertz CT molecular complexity index is 781. The maximum atomic E-state index is 12.1. The first-order valence-electron chi connectivity index (χ1n) is 7.36. The van der Waals surface area contributed by atoms with Gasteiger partial charge < -0.3 is 14.8 Å². The summed E-state index contributed by atoms with van der Waals surface area (Å²) in [5.41, 5.74) is 1.76. The first-order chi connectivity index (χ1) is 11.5. The summed E-state index contributed by atoms with van der Waals surface area (Å²) in [4.78, 5) is 23.6. The molecule has 0 fully saturated rings. The van der Waals surface area contributed by atoms with Gasteiger partial charge in [0.15, 0.2) is 17.3 Å². The minimum atomic E-state index is -0.321. The molecule has 5 nitrogen and oxygen atoms in total. The predicted molar refractivity (Wildman–Crippen MR) is 93.7 cm³/mol. The van der Waals surface area contributed by atoms with Crippen molar-refractivity contribution in [2.24, 2.45) is 0 Å². The fourth-order valence-corrected chi connectivity index (χ4v) is 2.20. The quantitative estimate of drug-likeness (QED) is 0.651. The number of para-hydroxylation sites is 1. The van der Waals surface area contributed by atoms with Crippen LogP contribution < -0.4 is 14.8 Å². The third-order valence-corrected chi connectivity index (χ3v) is 3.40. The highest BCUT2D eigenvalue weighted by molar-refractivity contribution is 6.07. The third kappa shape index (κ3) is 4.23. The van der Waals surface area contributed by atoms with E-state index in [1.165, 1.54) is 13.0 Å². The molecule has 0 aliphatic heterocycles. The van der Waals surface area contributed by atoms with Gasteiger partial charge in [-0.2, -0.15) is 0 Å². The molecule has 2 aromatic rings. The Balaban J connectivity index is 2.13. The number of carbonyl (C=O) groups excluding carboxylic acids is 2. The molecule has 0 saturated carbocycles. The molecule has 2 aromatic carbocycles. The number of Topliss-reactive ketones (excluding diaryl/α,β-unsaturated/α-hetero) is 1. The number of rotatable bonds is 6. The summed E-state index contributed by atoms with van der Waals surface area (Å²) in [6.45, 7) is 1.46. The molecule has 0 radical (unpaired) electrons. The fourth-order valence-electron chi connectivity index (χ4n) is 2.20. The molecule has 5 heteroatoms. The van der Waals surface area contributed by atoms with Gasteiger partial charge in [-0.1, -0.05) is 18.2 Å². The van der Waals surface area contributed by atoms with Gasteiger partial charge >= 0.3 is 0 Å². The van der Waals surface area contributed by atoms with E-state index in [0.29, 0.717) is 22.7 Å². The van der Waals surface area contributed by atoms with E-state index in [1.807, 2.05) is 6.07 Å². The molecule has 1 N–H and O–H groups in total. The Labute approximate surface area is 140 Å². The summed E-state index contributed by atoms with van der Waals surface area (Å²) < 4.78 is 10.4. The molecule has 0 spiro atoms. The number of hydrogen-bond donors (Lipinski definition) is 1. The van der Waals surface area contributed by atoms with Crippen LogP contribution in [0.15, 0.2) is 48.5 Å². The second-order valence-corrected chi connectivity index (χ2v) is 5.04. The fraction of sp³-hybridized carbons (Fsp3) is 0.158. The molecular weight excluding hydrogens is 306 g/mol. The van der Waals surface area contributed by atoms with Crippen LogP contribution in [0.3, 0.4) is 0 Å². The van der Waals surface area contributed by atoms with Gasteiger partial charge in [-0.25, -0.2) is 0 Å². The molecule has 0 saturated heterocycles. The summed E-state index contributed by atoms with van der Waals surface area (Å²) in [5.74, 6) is 0.782.